The van der Waals surface area contributed by atoms with Crippen LogP contribution in [0, 0.1) is 0 Å². The number of aromatic nitrogens is 3. The van der Waals surface area contributed by atoms with Gasteiger partial charge in [-0.1, -0.05) is 10.1 Å². The molecular weight excluding hydrogens is 625 g/mol. The zero-order chi connectivity index (χ0) is 31.6. The van der Waals surface area contributed by atoms with Gasteiger partial charge in [-0.15, -0.1) is 23.1 Å². The number of anilines is 4. The van der Waals surface area contributed by atoms with Crippen molar-refractivity contribution in [2.24, 2.45) is 5.16 Å². The Morgan fingerprint density at radius 3 is 2.65 bits per heavy atom. The van der Waals surface area contributed by atoms with Crippen LogP contribution in [0.25, 0.3) is 0 Å². The number of hydrogen-bond acceptors (Lipinski definition) is 16. The number of β-lactam (4-membered cyclic amide) rings is 1. The van der Waals surface area contributed by atoms with Gasteiger partial charge in [-0.05, 0) is 31.2 Å². The highest BCUT2D eigenvalue weighted by molar-refractivity contribution is 8.01. The van der Waals surface area contributed by atoms with Crippen molar-refractivity contribution in [1.82, 2.24) is 20.2 Å². The number of carbonyl (C=O) groups is 4. The average Bonchev–Trinajstić information content (AvgIpc) is 3.38. The molecule has 0 bridgehead atoms. The van der Waals surface area contributed by atoms with E-state index in [1.807, 2.05) is 6.92 Å². The number of thioether (sulfide) groups is 2. The third-order valence-corrected chi connectivity index (χ3v) is 9.35. The van der Waals surface area contributed by atoms with E-state index in [-0.39, 0.29) is 57.5 Å². The Morgan fingerprint density at radius 1 is 1.33 bits per heavy atom. The Balaban J connectivity index is 1.52. The zero-order valence-electron chi connectivity index (χ0n) is 22.8. The molecule has 2 aromatic rings. The predicted molar refractivity (Wildman–Crippen MR) is 157 cm³/mol. The van der Waals surface area contributed by atoms with E-state index >= 15 is 0 Å². The van der Waals surface area contributed by atoms with Gasteiger partial charge in [0.25, 0.3) is 11.8 Å². The van der Waals surface area contributed by atoms with E-state index in [0.29, 0.717) is 17.3 Å². The maximum Gasteiger partial charge on any atom is 0.307 e. The van der Waals surface area contributed by atoms with Crippen LogP contribution in [0.1, 0.15) is 26.0 Å². The third kappa shape index (κ3) is 6.54. The van der Waals surface area contributed by atoms with Gasteiger partial charge in [0.15, 0.2) is 16.5 Å². The third-order valence-electron chi connectivity index (χ3n) is 6.27. The molecule has 2 amide bonds. The number of hydrogen-bond donors (Lipinski definition) is 6. The number of nitrogens with zero attached hydrogens (tertiary/aromatic N) is 5. The van der Waals surface area contributed by atoms with Crippen LogP contribution >= 0.6 is 34.9 Å². The molecule has 3 unspecified atom stereocenters. The smallest absolute Gasteiger partial charge is 0.307 e. The maximum atomic E-state index is 13.2. The molecule has 43 heavy (non-hydrogen) atoms. The fourth-order valence-electron chi connectivity index (χ4n) is 4.19. The predicted octanol–water partition coefficient (Wildman–Crippen LogP) is -2.05. The second-order valence-corrected chi connectivity index (χ2v) is 12.2. The summed E-state index contributed by atoms with van der Waals surface area (Å²) in [6, 6.07) is -1.10. The van der Waals surface area contributed by atoms with Gasteiger partial charge in [0, 0.05) is 16.9 Å². The second-order valence-electron chi connectivity index (χ2n) is 9.24. The van der Waals surface area contributed by atoms with Crippen molar-refractivity contribution in [3.8, 4) is 0 Å². The number of nitrogens with one attached hydrogen (secondary N) is 1. The van der Waals surface area contributed by atoms with E-state index in [4.69, 9.17) is 32.9 Å². The molecule has 2 aliphatic heterocycles. The number of thiazole rings is 1. The summed E-state index contributed by atoms with van der Waals surface area (Å²) in [6.45, 7) is 3.72. The molecule has 20 heteroatoms. The van der Waals surface area contributed by atoms with Crippen molar-refractivity contribution in [3.63, 3.8) is 0 Å². The number of carboxylic acid groups (broad SMARTS) is 2. The first kappa shape index (κ1) is 31.6. The van der Waals surface area contributed by atoms with Crippen LogP contribution in [0.3, 0.4) is 0 Å². The summed E-state index contributed by atoms with van der Waals surface area (Å²) in [4.78, 5) is 64.1. The van der Waals surface area contributed by atoms with Crippen molar-refractivity contribution in [2.45, 2.75) is 49.5 Å². The van der Waals surface area contributed by atoms with Crippen LogP contribution in [0.5, 0.6) is 0 Å². The molecule has 2 aliphatic rings. The van der Waals surface area contributed by atoms with Gasteiger partial charge in [-0.25, -0.2) is 9.55 Å². The molecule has 4 rings (SSSR count). The maximum absolute atomic E-state index is 13.2. The molecule has 0 radical (unpaired) electrons. The van der Waals surface area contributed by atoms with E-state index in [0.717, 1.165) is 16.2 Å². The van der Waals surface area contributed by atoms with Crippen molar-refractivity contribution in [1.29, 1.82) is 0 Å². The summed E-state index contributed by atoms with van der Waals surface area (Å²) in [5.74, 6) is -3.58. The summed E-state index contributed by atoms with van der Waals surface area (Å²) in [7, 11) is 0. The van der Waals surface area contributed by atoms with Crippen LogP contribution in [-0.2, 0) is 30.6 Å². The largest absolute Gasteiger partial charge is 0.543 e. The number of nitrogens with two attached hydrogens (primary N) is 4. The Hall–Kier alpha value is -4.30. The Morgan fingerprint density at radius 2 is 2.05 bits per heavy atom. The molecule has 4 heterocycles. The number of carboxylic acids is 2. The van der Waals surface area contributed by atoms with Crippen molar-refractivity contribution in [3.05, 3.63) is 22.3 Å². The van der Waals surface area contributed by atoms with E-state index < -0.39 is 41.3 Å². The van der Waals surface area contributed by atoms with Crippen LogP contribution in [0.4, 0.5) is 22.5 Å². The Bertz CT molecular complexity index is 1550. The van der Waals surface area contributed by atoms with Gasteiger partial charge < -0.3 is 48.1 Å². The fourth-order valence-corrected chi connectivity index (χ4v) is 7.30. The summed E-state index contributed by atoms with van der Waals surface area (Å²) in [6.07, 6.45) is -1.25. The minimum Gasteiger partial charge on any atom is -0.543 e. The lowest BCUT2D eigenvalue weighted by molar-refractivity contribution is -0.719. The molecule has 3 atom stereocenters. The van der Waals surface area contributed by atoms with Crippen molar-refractivity contribution < 1.29 is 38.8 Å². The molecule has 0 aliphatic carbocycles. The molecule has 1 fully saturated rings. The molecular formula is C23H28N10O7S3. The first-order chi connectivity index (χ1) is 20.3. The fraction of sp³-hybridized carbons (Fsp3) is 0.391. The molecule has 0 aromatic carbocycles. The quantitative estimate of drug-likeness (QED) is 0.0359. The lowest BCUT2D eigenvalue weighted by Gasteiger charge is -2.50. The summed E-state index contributed by atoms with van der Waals surface area (Å²) in [5.41, 5.74) is 23.5. The number of oxime groups is 1. The monoisotopic (exact) mass is 652 g/mol. The normalized spacial score (nSPS) is 19.0. The van der Waals surface area contributed by atoms with Crippen LogP contribution < -0.4 is 37.9 Å². The second kappa shape index (κ2) is 12.9. The minimum atomic E-state index is -1.55. The van der Waals surface area contributed by atoms with Crippen LogP contribution in [0.15, 0.2) is 27.0 Å². The Kier molecular flexibility index (Phi) is 9.50. The van der Waals surface area contributed by atoms with Gasteiger partial charge in [0.05, 0.1) is 24.6 Å². The highest BCUT2D eigenvalue weighted by atomic mass is 32.2. The summed E-state index contributed by atoms with van der Waals surface area (Å²) < 4.78 is 1.63. The number of rotatable bonds is 12. The lowest BCUT2D eigenvalue weighted by Crippen LogP contribution is -2.71. The molecule has 10 N–H and O–H groups in total. The van der Waals surface area contributed by atoms with Crippen LogP contribution in [0.2, 0.25) is 0 Å². The standard InChI is InChI=1S/C23H28N10O7S3/c1-3-32-17(26)12(24)16(25)30-23(32)43-6-9-5-41-20-14(19(37)33(20)15(9)21(38)39)29-18(36)13(10-7-42-22(27)28-10)31-40-8(2)4-11(34)35/h7-8,14,20H,3-6H2,1-2H3,(H10,24,25,26,27,28,29,31,34,35,36,38,39). The highest BCUT2D eigenvalue weighted by Crippen LogP contribution is 2.41. The molecule has 17 nitrogen and oxygen atoms in total. The number of carbonyl (C=O) groups excluding carboxylic acids is 3. The summed E-state index contributed by atoms with van der Waals surface area (Å²) >= 11 is 3.46. The van der Waals surface area contributed by atoms with Gasteiger partial charge in [0.2, 0.25) is 11.6 Å². The highest BCUT2D eigenvalue weighted by Gasteiger charge is 2.53. The topological polar surface area (TPSA) is 282 Å². The van der Waals surface area contributed by atoms with Crippen molar-refractivity contribution >= 4 is 86.8 Å². The summed E-state index contributed by atoms with van der Waals surface area (Å²) in [5, 5.41) is 28.8. The first-order valence-electron chi connectivity index (χ1n) is 12.6. The molecule has 2 aromatic heterocycles. The molecule has 0 saturated carbocycles. The van der Waals surface area contributed by atoms with Gasteiger partial charge >= 0.3 is 11.1 Å². The van der Waals surface area contributed by atoms with Crippen LogP contribution in [-0.4, -0.2) is 78.5 Å². The van der Waals surface area contributed by atoms with Crippen molar-refractivity contribution in [2.75, 3.05) is 34.4 Å². The number of aliphatic carboxylic acids is 2. The van der Waals surface area contributed by atoms with E-state index in [9.17, 15) is 24.3 Å². The Labute approximate surface area is 256 Å². The average molecular weight is 653 g/mol. The van der Waals surface area contributed by atoms with Gasteiger partial charge in [-0.3, -0.25) is 19.3 Å². The molecule has 1 saturated heterocycles. The SMILES string of the molecule is CC[n+]1c(SCC2=C(C(=O)[O-])N3C(=O)C(NC(=O)/C(=N\OC(C)CC(=O)O)c4csc(N)n4)C3SC2)nc(N)c(N)c1N. The molecule has 230 valence electrons. The lowest BCUT2D eigenvalue weighted by atomic mass is 10.0. The first-order valence-corrected chi connectivity index (χ1v) is 15.5. The minimum absolute atomic E-state index is 0.0402. The van der Waals surface area contributed by atoms with Gasteiger partial charge in [0.1, 0.15) is 23.2 Å². The molecule has 0 spiro atoms. The zero-order valence-corrected chi connectivity index (χ0v) is 25.3. The number of nitrogen functional groups attached to an aromatic ring is 4. The van der Waals surface area contributed by atoms with Gasteiger partial charge in [-0.2, -0.15) is 0 Å². The van der Waals surface area contributed by atoms with E-state index in [1.54, 1.807) is 4.57 Å². The number of amides is 2. The number of fused-ring (bicyclic) bond motifs is 1. The van der Waals surface area contributed by atoms with E-state index in [1.165, 1.54) is 35.8 Å². The van der Waals surface area contributed by atoms with E-state index in [2.05, 4.69) is 20.4 Å².